The number of aliphatic hydroxyl groups is 1. The summed E-state index contributed by atoms with van der Waals surface area (Å²) in [5, 5.41) is 12.2. The summed E-state index contributed by atoms with van der Waals surface area (Å²) in [6, 6.07) is 8.13. The third-order valence-electron chi connectivity index (χ3n) is 4.84. The van der Waals surface area contributed by atoms with Crippen LogP contribution in [0.4, 0.5) is 5.69 Å². The molecule has 1 amide bonds. The van der Waals surface area contributed by atoms with Gasteiger partial charge in [-0.1, -0.05) is 26.0 Å². The van der Waals surface area contributed by atoms with Crippen LogP contribution in [0, 0.1) is 5.92 Å². The van der Waals surface area contributed by atoms with Gasteiger partial charge in [-0.2, -0.15) is 0 Å². The van der Waals surface area contributed by atoms with Crippen LogP contribution < -0.4 is 5.32 Å². The molecule has 0 saturated carbocycles. The molecule has 1 aliphatic heterocycles. The molecule has 5 heteroatoms. The molecule has 2 N–H and O–H groups in total. The largest absolute Gasteiger partial charge is 0.396 e. The molecule has 0 aliphatic carbocycles. The highest BCUT2D eigenvalue weighted by atomic mass is 16.3. The van der Waals surface area contributed by atoms with Gasteiger partial charge in [-0.25, -0.2) is 0 Å². The standard InChI is InChI=1S/C19H31N3O2/c1-3-21(4-2)14-19(24)20-18-7-5-6-17(12-18)13-22-10-8-16(15-23)9-11-22/h5-7,12,16,23H,3-4,8-11,13-15H2,1-2H3,(H,20,24). The van der Waals surface area contributed by atoms with E-state index in [1.54, 1.807) is 0 Å². The van der Waals surface area contributed by atoms with Crippen LogP contribution in [0.1, 0.15) is 32.3 Å². The van der Waals surface area contributed by atoms with Gasteiger partial charge < -0.3 is 10.4 Å². The van der Waals surface area contributed by atoms with Crippen molar-refractivity contribution < 1.29 is 9.90 Å². The first kappa shape index (κ1) is 18.9. The van der Waals surface area contributed by atoms with Gasteiger partial charge in [0.2, 0.25) is 5.91 Å². The lowest BCUT2D eigenvalue weighted by atomic mass is 9.97. The van der Waals surface area contributed by atoms with Crippen molar-refractivity contribution >= 4 is 11.6 Å². The lowest BCUT2D eigenvalue weighted by molar-refractivity contribution is -0.117. The molecule has 134 valence electrons. The van der Waals surface area contributed by atoms with Gasteiger partial charge in [0.1, 0.15) is 0 Å². The fourth-order valence-corrected chi connectivity index (χ4v) is 3.18. The van der Waals surface area contributed by atoms with E-state index in [-0.39, 0.29) is 5.91 Å². The maximum atomic E-state index is 12.1. The number of anilines is 1. The van der Waals surface area contributed by atoms with Crippen molar-refractivity contribution in [3.8, 4) is 0 Å². The Bertz CT molecular complexity index is 509. The van der Waals surface area contributed by atoms with E-state index in [4.69, 9.17) is 0 Å². The molecule has 2 rings (SSSR count). The van der Waals surface area contributed by atoms with Crippen molar-refractivity contribution in [2.75, 3.05) is 44.6 Å². The lowest BCUT2D eigenvalue weighted by Gasteiger charge is -2.31. The summed E-state index contributed by atoms with van der Waals surface area (Å²) in [5.41, 5.74) is 2.09. The minimum absolute atomic E-state index is 0.0413. The number of nitrogens with zero attached hydrogens (tertiary/aromatic N) is 2. The Morgan fingerprint density at radius 2 is 2.00 bits per heavy atom. The number of benzene rings is 1. The molecule has 1 fully saturated rings. The zero-order chi connectivity index (χ0) is 17.4. The molecule has 0 aromatic heterocycles. The van der Waals surface area contributed by atoms with E-state index in [2.05, 4.69) is 41.1 Å². The molecular weight excluding hydrogens is 302 g/mol. The predicted molar refractivity (Wildman–Crippen MR) is 97.9 cm³/mol. The van der Waals surface area contributed by atoms with E-state index < -0.39 is 0 Å². The maximum absolute atomic E-state index is 12.1. The highest BCUT2D eigenvalue weighted by Gasteiger charge is 2.18. The summed E-state index contributed by atoms with van der Waals surface area (Å²) >= 11 is 0. The Morgan fingerprint density at radius 3 is 2.62 bits per heavy atom. The van der Waals surface area contributed by atoms with Crippen LogP contribution in [0.15, 0.2) is 24.3 Å². The summed E-state index contributed by atoms with van der Waals surface area (Å²) < 4.78 is 0. The van der Waals surface area contributed by atoms with Crippen LogP contribution in [-0.4, -0.2) is 60.1 Å². The molecule has 1 heterocycles. The van der Waals surface area contributed by atoms with Crippen molar-refractivity contribution in [2.24, 2.45) is 5.92 Å². The smallest absolute Gasteiger partial charge is 0.238 e. The highest BCUT2D eigenvalue weighted by Crippen LogP contribution is 2.19. The van der Waals surface area contributed by atoms with Crippen LogP contribution in [0.2, 0.25) is 0 Å². The van der Waals surface area contributed by atoms with Gasteiger partial charge in [-0.15, -0.1) is 0 Å². The monoisotopic (exact) mass is 333 g/mol. The van der Waals surface area contributed by atoms with E-state index in [0.29, 0.717) is 19.1 Å². The molecule has 1 aromatic rings. The number of rotatable bonds is 8. The topological polar surface area (TPSA) is 55.8 Å². The normalized spacial score (nSPS) is 16.5. The molecule has 1 aromatic carbocycles. The third-order valence-corrected chi connectivity index (χ3v) is 4.84. The maximum Gasteiger partial charge on any atom is 0.238 e. The quantitative estimate of drug-likeness (QED) is 0.765. The van der Waals surface area contributed by atoms with Crippen LogP contribution in [0.5, 0.6) is 0 Å². The first-order valence-electron chi connectivity index (χ1n) is 9.09. The van der Waals surface area contributed by atoms with E-state index in [9.17, 15) is 9.90 Å². The molecule has 1 aliphatic rings. The van der Waals surface area contributed by atoms with Crippen molar-refractivity contribution in [1.29, 1.82) is 0 Å². The molecule has 0 atom stereocenters. The Hall–Kier alpha value is -1.43. The number of likely N-dealkylation sites (N-methyl/N-ethyl adjacent to an activating group) is 1. The fourth-order valence-electron chi connectivity index (χ4n) is 3.18. The number of carbonyl (C=O) groups excluding carboxylic acids is 1. The summed E-state index contributed by atoms with van der Waals surface area (Å²) in [5.74, 6) is 0.506. The number of amides is 1. The fraction of sp³-hybridized carbons (Fsp3) is 0.632. The molecule has 24 heavy (non-hydrogen) atoms. The molecule has 0 spiro atoms. The van der Waals surface area contributed by atoms with Gasteiger partial charge in [-0.05, 0) is 62.6 Å². The SMILES string of the molecule is CCN(CC)CC(=O)Nc1cccc(CN2CCC(CO)CC2)c1. The highest BCUT2D eigenvalue weighted by molar-refractivity contribution is 5.92. The molecular formula is C19H31N3O2. The van der Waals surface area contributed by atoms with E-state index >= 15 is 0 Å². The summed E-state index contributed by atoms with van der Waals surface area (Å²) in [4.78, 5) is 16.6. The molecule has 0 bridgehead atoms. The Balaban J connectivity index is 1.86. The van der Waals surface area contributed by atoms with Crippen molar-refractivity contribution in [3.05, 3.63) is 29.8 Å². The summed E-state index contributed by atoms with van der Waals surface area (Å²) in [6.45, 7) is 9.61. The summed E-state index contributed by atoms with van der Waals surface area (Å²) in [7, 11) is 0. The molecule has 5 nitrogen and oxygen atoms in total. The van der Waals surface area contributed by atoms with Crippen LogP contribution >= 0.6 is 0 Å². The average Bonchev–Trinajstić information content (AvgIpc) is 2.60. The molecule has 0 radical (unpaired) electrons. The number of nitrogens with one attached hydrogen (secondary N) is 1. The first-order valence-corrected chi connectivity index (χ1v) is 9.09. The number of likely N-dealkylation sites (tertiary alicyclic amines) is 1. The second kappa shape index (κ2) is 9.77. The number of aliphatic hydroxyl groups excluding tert-OH is 1. The number of piperidine rings is 1. The first-order chi connectivity index (χ1) is 11.6. The van der Waals surface area contributed by atoms with Gasteiger partial charge in [0, 0.05) is 18.8 Å². The Labute approximate surface area is 145 Å². The summed E-state index contributed by atoms with van der Waals surface area (Å²) in [6.07, 6.45) is 2.13. The Kier molecular flexibility index (Phi) is 7.69. The molecule has 1 saturated heterocycles. The van der Waals surface area contributed by atoms with Gasteiger partial charge >= 0.3 is 0 Å². The van der Waals surface area contributed by atoms with Gasteiger partial charge in [0.25, 0.3) is 0 Å². The van der Waals surface area contributed by atoms with Gasteiger partial charge in [-0.3, -0.25) is 14.6 Å². The zero-order valence-corrected chi connectivity index (χ0v) is 15.0. The van der Waals surface area contributed by atoms with E-state index in [0.717, 1.165) is 51.3 Å². The number of carbonyl (C=O) groups is 1. The van der Waals surface area contributed by atoms with Crippen LogP contribution in [0.25, 0.3) is 0 Å². The minimum Gasteiger partial charge on any atom is -0.396 e. The van der Waals surface area contributed by atoms with Gasteiger partial charge in [0.15, 0.2) is 0 Å². The average molecular weight is 333 g/mol. The van der Waals surface area contributed by atoms with Crippen molar-refractivity contribution in [1.82, 2.24) is 9.80 Å². The second-order valence-electron chi connectivity index (χ2n) is 6.61. The number of hydrogen-bond donors (Lipinski definition) is 2. The van der Waals surface area contributed by atoms with Crippen LogP contribution in [-0.2, 0) is 11.3 Å². The second-order valence-corrected chi connectivity index (χ2v) is 6.61. The molecule has 0 unspecified atom stereocenters. The number of hydrogen-bond acceptors (Lipinski definition) is 4. The predicted octanol–water partition coefficient (Wildman–Crippen LogP) is 2.17. The lowest BCUT2D eigenvalue weighted by Crippen LogP contribution is -2.34. The van der Waals surface area contributed by atoms with E-state index in [1.807, 2.05) is 12.1 Å². The van der Waals surface area contributed by atoms with Crippen molar-refractivity contribution in [3.63, 3.8) is 0 Å². The minimum atomic E-state index is 0.0413. The van der Waals surface area contributed by atoms with Crippen LogP contribution in [0.3, 0.4) is 0 Å². The third kappa shape index (κ3) is 5.89. The Morgan fingerprint density at radius 1 is 1.29 bits per heavy atom. The van der Waals surface area contributed by atoms with Gasteiger partial charge in [0.05, 0.1) is 6.54 Å². The van der Waals surface area contributed by atoms with E-state index in [1.165, 1.54) is 5.56 Å². The van der Waals surface area contributed by atoms with Crippen molar-refractivity contribution in [2.45, 2.75) is 33.2 Å². The zero-order valence-electron chi connectivity index (χ0n) is 15.0.